The Labute approximate surface area is 123 Å². The molecule has 1 heterocycles. The second-order valence-corrected chi connectivity index (χ2v) is 6.96. The molecule has 1 N–H and O–H groups in total. The van der Waals surface area contributed by atoms with Crippen LogP contribution in [0.15, 0.2) is 23.1 Å². The van der Waals surface area contributed by atoms with E-state index >= 15 is 0 Å². The van der Waals surface area contributed by atoms with Crippen LogP contribution in [-0.4, -0.2) is 33.1 Å². The van der Waals surface area contributed by atoms with Gasteiger partial charge in [0.2, 0.25) is 10.0 Å². The molecule has 0 atom stereocenters. The minimum Gasteiger partial charge on any atom is -0.381 e. The van der Waals surface area contributed by atoms with Gasteiger partial charge in [0.1, 0.15) is 5.82 Å². The number of hydrogen-bond donors (Lipinski definition) is 1. The smallest absolute Gasteiger partial charge is 0.241 e. The van der Waals surface area contributed by atoms with Gasteiger partial charge in [0.25, 0.3) is 0 Å². The average Bonchev–Trinajstić information content (AvgIpc) is 2.38. The van der Waals surface area contributed by atoms with Crippen LogP contribution in [0.2, 0.25) is 0 Å². The van der Waals surface area contributed by atoms with Gasteiger partial charge < -0.3 is 4.74 Å². The van der Waals surface area contributed by atoms with E-state index in [4.69, 9.17) is 16.3 Å². The van der Waals surface area contributed by atoms with Crippen molar-refractivity contribution >= 4 is 21.6 Å². The molecule has 7 heteroatoms. The van der Waals surface area contributed by atoms with Gasteiger partial charge in [-0.05, 0) is 43.5 Å². The maximum absolute atomic E-state index is 13.1. The summed E-state index contributed by atoms with van der Waals surface area (Å²) >= 11 is 5.95. The maximum Gasteiger partial charge on any atom is 0.241 e. The Kier molecular flexibility index (Phi) is 4.69. The Balaban J connectivity index is 2.30. The monoisotopic (exact) mass is 321 g/mol. The van der Waals surface area contributed by atoms with Gasteiger partial charge in [-0.25, -0.2) is 17.5 Å². The first-order valence-electron chi connectivity index (χ1n) is 6.32. The molecule has 0 spiro atoms. The van der Waals surface area contributed by atoms with E-state index in [-0.39, 0.29) is 10.8 Å². The number of ether oxygens (including phenoxy) is 1. The van der Waals surface area contributed by atoms with Gasteiger partial charge in [-0.3, -0.25) is 0 Å². The van der Waals surface area contributed by atoms with Gasteiger partial charge in [-0.1, -0.05) is 0 Å². The van der Waals surface area contributed by atoms with E-state index in [1.807, 2.05) is 0 Å². The standard InChI is InChI=1S/C13H17ClFNO3S/c1-10-8-11(15)2-3-12(10)20(17,18)16-13(9-14)4-6-19-7-5-13/h2-3,8,16H,4-7,9H2,1H3. The Morgan fingerprint density at radius 3 is 2.60 bits per heavy atom. The molecule has 2 rings (SSSR count). The molecule has 1 aromatic carbocycles. The summed E-state index contributed by atoms with van der Waals surface area (Å²) in [7, 11) is -3.73. The topological polar surface area (TPSA) is 55.4 Å². The third kappa shape index (κ3) is 3.31. The highest BCUT2D eigenvalue weighted by atomic mass is 35.5. The molecule has 1 aliphatic heterocycles. The molecule has 0 bridgehead atoms. The fraction of sp³-hybridized carbons (Fsp3) is 0.538. The minimum atomic E-state index is -3.73. The van der Waals surface area contributed by atoms with Crippen molar-refractivity contribution in [1.82, 2.24) is 4.72 Å². The van der Waals surface area contributed by atoms with Gasteiger partial charge in [0, 0.05) is 19.1 Å². The lowest BCUT2D eigenvalue weighted by Crippen LogP contribution is -2.53. The van der Waals surface area contributed by atoms with Crippen molar-refractivity contribution in [2.45, 2.75) is 30.2 Å². The lowest BCUT2D eigenvalue weighted by molar-refractivity contribution is 0.0549. The van der Waals surface area contributed by atoms with E-state index in [2.05, 4.69) is 4.72 Å². The number of sulfonamides is 1. The molecule has 0 aromatic heterocycles. The van der Waals surface area contributed by atoms with Crippen molar-refractivity contribution in [3.8, 4) is 0 Å². The Bertz CT molecular complexity index is 585. The van der Waals surface area contributed by atoms with Crippen LogP contribution in [0.5, 0.6) is 0 Å². The summed E-state index contributed by atoms with van der Waals surface area (Å²) in [6, 6.07) is 3.61. The van der Waals surface area contributed by atoms with Crippen LogP contribution in [0.3, 0.4) is 0 Å². The Morgan fingerprint density at radius 1 is 1.40 bits per heavy atom. The summed E-state index contributed by atoms with van der Waals surface area (Å²) in [4.78, 5) is 0.0786. The first-order chi connectivity index (χ1) is 9.38. The van der Waals surface area contributed by atoms with E-state index in [0.29, 0.717) is 31.6 Å². The third-order valence-corrected chi connectivity index (χ3v) is 5.73. The van der Waals surface area contributed by atoms with Crippen molar-refractivity contribution in [1.29, 1.82) is 0 Å². The third-order valence-electron chi connectivity index (χ3n) is 3.48. The van der Waals surface area contributed by atoms with Crippen molar-refractivity contribution < 1.29 is 17.5 Å². The molecule has 1 aromatic rings. The summed E-state index contributed by atoms with van der Waals surface area (Å²) in [6.07, 6.45) is 1.05. The molecular weight excluding hydrogens is 305 g/mol. The number of aryl methyl sites for hydroxylation is 1. The summed E-state index contributed by atoms with van der Waals surface area (Å²) < 4.78 is 45.9. The highest BCUT2D eigenvalue weighted by Crippen LogP contribution is 2.26. The lowest BCUT2D eigenvalue weighted by Gasteiger charge is -2.36. The van der Waals surface area contributed by atoms with Crippen LogP contribution >= 0.6 is 11.6 Å². The van der Waals surface area contributed by atoms with Crippen molar-refractivity contribution in [2.75, 3.05) is 19.1 Å². The maximum atomic E-state index is 13.1. The van der Waals surface area contributed by atoms with Crippen molar-refractivity contribution in [2.24, 2.45) is 0 Å². The number of hydrogen-bond acceptors (Lipinski definition) is 3. The molecule has 1 fully saturated rings. The Morgan fingerprint density at radius 2 is 2.05 bits per heavy atom. The summed E-state index contributed by atoms with van der Waals surface area (Å²) in [6.45, 7) is 2.50. The second kappa shape index (κ2) is 5.97. The first kappa shape index (κ1) is 15.7. The molecule has 1 saturated heterocycles. The van der Waals surface area contributed by atoms with Crippen molar-refractivity contribution in [3.63, 3.8) is 0 Å². The zero-order valence-electron chi connectivity index (χ0n) is 11.2. The van der Waals surface area contributed by atoms with Crippen LogP contribution in [0, 0.1) is 12.7 Å². The summed E-state index contributed by atoms with van der Waals surface area (Å²) in [5, 5.41) is 0. The van der Waals surface area contributed by atoms with Gasteiger partial charge in [0.15, 0.2) is 0 Å². The van der Waals surface area contributed by atoms with Crippen LogP contribution in [0.1, 0.15) is 18.4 Å². The molecule has 0 unspecified atom stereocenters. The Hall–Kier alpha value is -0.690. The van der Waals surface area contributed by atoms with Gasteiger partial charge in [0.05, 0.1) is 10.4 Å². The number of halogens is 2. The predicted molar refractivity (Wildman–Crippen MR) is 75.0 cm³/mol. The molecular formula is C13H17ClFNO3S. The summed E-state index contributed by atoms with van der Waals surface area (Å²) in [5.41, 5.74) is -0.325. The zero-order chi connectivity index (χ0) is 14.8. The van der Waals surface area contributed by atoms with Gasteiger partial charge >= 0.3 is 0 Å². The van der Waals surface area contributed by atoms with Crippen LogP contribution in [0.25, 0.3) is 0 Å². The van der Waals surface area contributed by atoms with Crippen LogP contribution in [0.4, 0.5) is 4.39 Å². The predicted octanol–water partition coefficient (Wildman–Crippen LogP) is 2.20. The molecule has 20 heavy (non-hydrogen) atoms. The number of rotatable bonds is 4. The molecule has 1 aliphatic rings. The van der Waals surface area contributed by atoms with E-state index < -0.39 is 21.4 Å². The fourth-order valence-electron chi connectivity index (χ4n) is 2.28. The second-order valence-electron chi connectivity index (χ2n) is 5.04. The van der Waals surface area contributed by atoms with Gasteiger partial charge in [-0.15, -0.1) is 11.6 Å². The minimum absolute atomic E-state index is 0.0786. The average molecular weight is 322 g/mol. The SMILES string of the molecule is Cc1cc(F)ccc1S(=O)(=O)NC1(CCl)CCOCC1. The number of nitrogens with one attached hydrogen (secondary N) is 1. The van der Waals surface area contributed by atoms with Crippen molar-refractivity contribution in [3.05, 3.63) is 29.6 Å². The molecule has 0 radical (unpaired) electrons. The van der Waals surface area contributed by atoms with Crippen LogP contribution in [-0.2, 0) is 14.8 Å². The largest absolute Gasteiger partial charge is 0.381 e. The quantitative estimate of drug-likeness (QED) is 0.865. The number of alkyl halides is 1. The van der Waals surface area contributed by atoms with E-state index in [0.717, 1.165) is 6.07 Å². The highest BCUT2D eigenvalue weighted by molar-refractivity contribution is 7.89. The van der Waals surface area contributed by atoms with Gasteiger partial charge in [-0.2, -0.15) is 0 Å². The normalized spacial score (nSPS) is 18.9. The summed E-state index contributed by atoms with van der Waals surface area (Å²) in [5.74, 6) is -0.282. The molecule has 4 nitrogen and oxygen atoms in total. The first-order valence-corrected chi connectivity index (χ1v) is 8.34. The van der Waals surface area contributed by atoms with Crippen LogP contribution < -0.4 is 4.72 Å². The molecule has 0 amide bonds. The van der Waals surface area contributed by atoms with E-state index in [1.54, 1.807) is 6.92 Å². The lowest BCUT2D eigenvalue weighted by atomic mass is 9.94. The molecule has 0 aliphatic carbocycles. The highest BCUT2D eigenvalue weighted by Gasteiger charge is 2.36. The zero-order valence-corrected chi connectivity index (χ0v) is 12.7. The molecule has 0 saturated carbocycles. The van der Waals surface area contributed by atoms with E-state index in [9.17, 15) is 12.8 Å². The van der Waals surface area contributed by atoms with E-state index in [1.165, 1.54) is 12.1 Å². The molecule has 112 valence electrons. The fourth-order valence-corrected chi connectivity index (χ4v) is 4.38. The number of benzene rings is 1.